The van der Waals surface area contributed by atoms with Gasteiger partial charge in [-0.3, -0.25) is 0 Å². The monoisotopic (exact) mass is 314 g/mol. The predicted octanol–water partition coefficient (Wildman–Crippen LogP) is 2.69. The molecule has 0 unspecified atom stereocenters. The Balaban J connectivity index is -0.000000144. The SMILES string of the molecule is Cl.O=P(O)(O)O.[H-].[H-].[Mg+2].c1ccc(-c2ccccc2)cc1. The van der Waals surface area contributed by atoms with Crippen molar-refractivity contribution in [1.29, 1.82) is 0 Å². The summed E-state index contributed by atoms with van der Waals surface area (Å²) in [5, 5.41) is 0. The number of rotatable bonds is 1. The fourth-order valence-corrected chi connectivity index (χ4v) is 1.26. The first-order valence-electron chi connectivity index (χ1n) is 4.85. The van der Waals surface area contributed by atoms with Crippen LogP contribution in [0.2, 0.25) is 0 Å². The van der Waals surface area contributed by atoms with Crippen LogP contribution in [0.4, 0.5) is 0 Å². The van der Waals surface area contributed by atoms with E-state index in [1.807, 2.05) is 12.1 Å². The van der Waals surface area contributed by atoms with Gasteiger partial charge >= 0.3 is 30.9 Å². The summed E-state index contributed by atoms with van der Waals surface area (Å²) in [6.07, 6.45) is 0. The van der Waals surface area contributed by atoms with Crippen molar-refractivity contribution < 1.29 is 22.1 Å². The second kappa shape index (κ2) is 10.4. The first-order valence-corrected chi connectivity index (χ1v) is 6.42. The van der Waals surface area contributed by atoms with Gasteiger partial charge in [-0.2, -0.15) is 0 Å². The quantitative estimate of drug-likeness (QED) is 0.558. The molecular weight excluding hydrogens is 299 g/mol. The molecule has 7 heteroatoms. The van der Waals surface area contributed by atoms with Gasteiger partial charge in [0.15, 0.2) is 0 Å². The number of halogens is 1. The third-order valence-corrected chi connectivity index (χ3v) is 1.88. The van der Waals surface area contributed by atoms with E-state index in [0.717, 1.165) is 0 Å². The molecule has 102 valence electrons. The van der Waals surface area contributed by atoms with E-state index in [9.17, 15) is 0 Å². The zero-order valence-corrected chi connectivity index (χ0v) is 13.2. The van der Waals surface area contributed by atoms with E-state index < -0.39 is 7.82 Å². The van der Waals surface area contributed by atoms with E-state index in [0.29, 0.717) is 0 Å². The number of hydrogen-bond donors (Lipinski definition) is 3. The van der Waals surface area contributed by atoms with Crippen molar-refractivity contribution in [3.63, 3.8) is 0 Å². The Morgan fingerprint density at radius 2 is 0.947 bits per heavy atom. The predicted molar refractivity (Wildman–Crippen MR) is 81.4 cm³/mol. The molecule has 0 radical (unpaired) electrons. The third-order valence-electron chi connectivity index (χ3n) is 1.88. The minimum Gasteiger partial charge on any atom is -1.00 e. The fourth-order valence-electron chi connectivity index (χ4n) is 1.26. The largest absolute Gasteiger partial charge is 2.00 e. The van der Waals surface area contributed by atoms with Gasteiger partial charge in [-0.25, -0.2) is 4.57 Å². The van der Waals surface area contributed by atoms with Crippen molar-refractivity contribution in [2.45, 2.75) is 0 Å². The van der Waals surface area contributed by atoms with Crippen LogP contribution in [0.25, 0.3) is 11.1 Å². The molecule has 0 bridgehead atoms. The summed E-state index contributed by atoms with van der Waals surface area (Å²) in [7, 11) is -4.64. The summed E-state index contributed by atoms with van der Waals surface area (Å²) < 4.78 is 8.88. The van der Waals surface area contributed by atoms with Crippen LogP contribution in [0, 0.1) is 0 Å². The van der Waals surface area contributed by atoms with Crippen LogP contribution < -0.4 is 0 Å². The van der Waals surface area contributed by atoms with Gasteiger partial charge in [-0.15, -0.1) is 12.4 Å². The molecule has 0 spiro atoms. The molecule has 0 fully saturated rings. The summed E-state index contributed by atoms with van der Waals surface area (Å²) in [6, 6.07) is 20.8. The van der Waals surface area contributed by atoms with E-state index in [1.54, 1.807) is 0 Å². The summed E-state index contributed by atoms with van der Waals surface area (Å²) in [4.78, 5) is 21.6. The third kappa shape index (κ3) is 11.2. The van der Waals surface area contributed by atoms with E-state index >= 15 is 0 Å². The first-order chi connectivity index (χ1) is 7.97. The molecular formula is C12H16ClMgO4P. The first kappa shape index (κ1) is 20.9. The Hall–Kier alpha value is -0.394. The molecule has 19 heavy (non-hydrogen) atoms. The molecule has 4 nitrogen and oxygen atoms in total. The Morgan fingerprint density at radius 1 is 0.737 bits per heavy atom. The van der Waals surface area contributed by atoms with Gasteiger partial charge < -0.3 is 17.5 Å². The maximum absolute atomic E-state index is 8.88. The topological polar surface area (TPSA) is 77.8 Å². The molecule has 2 rings (SSSR count). The molecule has 0 atom stereocenters. The van der Waals surface area contributed by atoms with Crippen molar-refractivity contribution in [2.24, 2.45) is 0 Å². The summed E-state index contributed by atoms with van der Waals surface area (Å²) >= 11 is 0. The fraction of sp³-hybridized carbons (Fsp3) is 0. The van der Waals surface area contributed by atoms with Crippen LogP contribution in [-0.2, 0) is 4.57 Å². The van der Waals surface area contributed by atoms with Crippen LogP contribution in [0.1, 0.15) is 2.85 Å². The van der Waals surface area contributed by atoms with Crippen molar-refractivity contribution in [2.75, 3.05) is 0 Å². The standard InChI is InChI=1S/C12H10.ClH.Mg.H3O4P.2H/c1-3-7-11(8-4-1)12-9-5-2-6-10-12;;;1-5(2,3)4;;/h1-10H;1H;;(H3,1,2,3,4);;/q;;+2;;2*-1. The molecule has 3 N–H and O–H groups in total. The maximum atomic E-state index is 8.88. The average Bonchev–Trinajstić information content (AvgIpc) is 2.29. The molecule has 0 heterocycles. The zero-order valence-electron chi connectivity index (χ0n) is 12.1. The van der Waals surface area contributed by atoms with Crippen LogP contribution in [-0.4, -0.2) is 37.7 Å². The molecule has 2 aromatic carbocycles. The van der Waals surface area contributed by atoms with E-state index in [4.69, 9.17) is 19.2 Å². The van der Waals surface area contributed by atoms with Crippen molar-refractivity contribution in [3.05, 3.63) is 60.7 Å². The summed E-state index contributed by atoms with van der Waals surface area (Å²) in [5.74, 6) is 0. The van der Waals surface area contributed by atoms with Gasteiger partial charge in [-0.05, 0) is 11.1 Å². The molecule has 0 saturated heterocycles. The normalized spacial score (nSPS) is 9.21. The van der Waals surface area contributed by atoms with Crippen molar-refractivity contribution in [3.8, 4) is 11.1 Å². The number of hydrogen-bond acceptors (Lipinski definition) is 1. The second-order valence-electron chi connectivity index (χ2n) is 3.25. The van der Waals surface area contributed by atoms with Gasteiger partial charge in [0.2, 0.25) is 0 Å². The second-order valence-corrected chi connectivity index (χ2v) is 4.27. The maximum Gasteiger partial charge on any atom is 2.00 e. The minimum absolute atomic E-state index is 0. The minimum atomic E-state index is -4.64. The molecule has 0 saturated carbocycles. The van der Waals surface area contributed by atoms with E-state index in [2.05, 4.69) is 48.5 Å². The van der Waals surface area contributed by atoms with Crippen molar-refractivity contribution in [1.82, 2.24) is 0 Å². The number of phosphoric acid groups is 1. The summed E-state index contributed by atoms with van der Waals surface area (Å²) in [6.45, 7) is 0. The molecule has 0 aromatic heterocycles. The van der Waals surface area contributed by atoms with Crippen LogP contribution in [0.3, 0.4) is 0 Å². The molecule has 0 aliphatic rings. The van der Waals surface area contributed by atoms with Crippen molar-refractivity contribution >= 4 is 43.3 Å². The Bertz CT molecular complexity index is 453. The molecule has 0 aliphatic heterocycles. The number of benzene rings is 2. The smallest absolute Gasteiger partial charge is 1.00 e. The van der Waals surface area contributed by atoms with Gasteiger partial charge in [0.1, 0.15) is 0 Å². The van der Waals surface area contributed by atoms with Crippen LogP contribution >= 0.6 is 20.2 Å². The molecule has 0 amide bonds. The van der Waals surface area contributed by atoms with Gasteiger partial charge in [-0.1, -0.05) is 60.7 Å². The summed E-state index contributed by atoms with van der Waals surface area (Å²) in [5.41, 5.74) is 2.55. The van der Waals surface area contributed by atoms with Gasteiger partial charge in [0, 0.05) is 0 Å². The Morgan fingerprint density at radius 3 is 1.16 bits per heavy atom. The van der Waals surface area contributed by atoms with Crippen LogP contribution in [0.5, 0.6) is 0 Å². The molecule has 0 aliphatic carbocycles. The average molecular weight is 315 g/mol. The molecule has 2 aromatic rings. The zero-order chi connectivity index (χ0) is 12.7. The van der Waals surface area contributed by atoms with Gasteiger partial charge in [0.05, 0.1) is 0 Å². The Kier molecular flexibility index (Phi) is 11.4. The van der Waals surface area contributed by atoms with E-state index in [-0.39, 0.29) is 38.3 Å². The van der Waals surface area contributed by atoms with Crippen LogP contribution in [0.15, 0.2) is 60.7 Å². The Labute approximate surface area is 137 Å². The van der Waals surface area contributed by atoms with Gasteiger partial charge in [0.25, 0.3) is 0 Å². The van der Waals surface area contributed by atoms with E-state index in [1.165, 1.54) is 11.1 Å².